The van der Waals surface area contributed by atoms with Crippen molar-refractivity contribution in [3.05, 3.63) is 71.8 Å². The van der Waals surface area contributed by atoms with Gasteiger partial charge in [-0.3, -0.25) is 4.79 Å². The van der Waals surface area contributed by atoms with Gasteiger partial charge in [-0.2, -0.15) is 0 Å². The Morgan fingerprint density at radius 2 is 1.46 bits per heavy atom. The molecule has 2 aromatic rings. The molecule has 5 nitrogen and oxygen atoms in total. The first kappa shape index (κ1) is 16.2. The summed E-state index contributed by atoms with van der Waals surface area (Å²) in [6.45, 7) is 0.0476. The minimum atomic E-state index is -1.08. The van der Waals surface area contributed by atoms with Crippen LogP contribution in [0.15, 0.2) is 60.7 Å². The molecular weight excluding hydrogens is 306 g/mol. The third-order valence-electron chi connectivity index (χ3n) is 4.36. The van der Waals surface area contributed by atoms with Crippen LogP contribution < -0.4 is 0 Å². The largest absolute Gasteiger partial charge is 0.480 e. The van der Waals surface area contributed by atoms with Crippen LogP contribution in [-0.4, -0.2) is 45.7 Å². The highest BCUT2D eigenvalue weighted by Gasteiger charge is 2.41. The molecule has 1 amide bonds. The van der Waals surface area contributed by atoms with E-state index in [4.69, 9.17) is 0 Å². The molecule has 1 heterocycles. The summed E-state index contributed by atoms with van der Waals surface area (Å²) in [4.78, 5) is 25.9. The minimum absolute atomic E-state index is 0.0476. The third-order valence-corrected chi connectivity index (χ3v) is 4.36. The third kappa shape index (κ3) is 3.16. The number of carbonyl (C=O) groups excluding carboxylic acids is 1. The first-order valence-electron chi connectivity index (χ1n) is 7.89. The zero-order chi connectivity index (χ0) is 17.1. The molecule has 1 saturated heterocycles. The number of amides is 1. The lowest BCUT2D eigenvalue weighted by atomic mass is 9.90. The number of hydrogen-bond acceptors (Lipinski definition) is 3. The van der Waals surface area contributed by atoms with Crippen LogP contribution in [-0.2, 0) is 9.59 Å². The maximum atomic E-state index is 13.2. The topological polar surface area (TPSA) is 77.8 Å². The quantitative estimate of drug-likeness (QED) is 0.899. The average molecular weight is 325 g/mol. The van der Waals surface area contributed by atoms with Crippen molar-refractivity contribution in [1.29, 1.82) is 0 Å². The lowest BCUT2D eigenvalue weighted by molar-refractivity contribution is -0.148. The van der Waals surface area contributed by atoms with Gasteiger partial charge in [0.1, 0.15) is 6.04 Å². The molecule has 1 fully saturated rings. The summed E-state index contributed by atoms with van der Waals surface area (Å²) >= 11 is 0. The molecule has 2 aromatic carbocycles. The Morgan fingerprint density at radius 3 is 1.92 bits per heavy atom. The Morgan fingerprint density at radius 1 is 0.958 bits per heavy atom. The average Bonchev–Trinajstić information content (AvgIpc) is 2.99. The van der Waals surface area contributed by atoms with Crippen LogP contribution in [0, 0.1) is 0 Å². The highest BCUT2D eigenvalue weighted by Crippen LogP contribution is 2.30. The smallest absolute Gasteiger partial charge is 0.326 e. The van der Waals surface area contributed by atoms with E-state index >= 15 is 0 Å². The number of benzene rings is 2. The van der Waals surface area contributed by atoms with Gasteiger partial charge in [-0.05, 0) is 11.1 Å². The summed E-state index contributed by atoms with van der Waals surface area (Å²) in [5.74, 6) is -1.96. The van der Waals surface area contributed by atoms with Gasteiger partial charge in [0.15, 0.2) is 0 Å². The molecular formula is C19H19NO4. The summed E-state index contributed by atoms with van der Waals surface area (Å²) in [6.07, 6.45) is -0.737. The van der Waals surface area contributed by atoms with Crippen LogP contribution in [0.2, 0.25) is 0 Å². The van der Waals surface area contributed by atoms with Gasteiger partial charge in [0.05, 0.1) is 12.0 Å². The van der Waals surface area contributed by atoms with Crippen LogP contribution in [0.4, 0.5) is 0 Å². The Labute approximate surface area is 140 Å². The molecule has 0 saturated carbocycles. The fourth-order valence-corrected chi connectivity index (χ4v) is 3.23. The lowest BCUT2D eigenvalue weighted by Gasteiger charge is -2.27. The molecule has 0 unspecified atom stereocenters. The molecule has 0 aromatic heterocycles. The van der Waals surface area contributed by atoms with Crippen molar-refractivity contribution in [1.82, 2.24) is 4.90 Å². The normalized spacial score (nSPS) is 20.3. The van der Waals surface area contributed by atoms with Crippen molar-refractivity contribution < 1.29 is 19.8 Å². The van der Waals surface area contributed by atoms with Gasteiger partial charge < -0.3 is 15.1 Å². The highest BCUT2D eigenvalue weighted by atomic mass is 16.4. The molecule has 1 aliphatic rings. The number of aliphatic carboxylic acids is 1. The van der Waals surface area contributed by atoms with E-state index in [0.29, 0.717) is 0 Å². The minimum Gasteiger partial charge on any atom is -0.480 e. The van der Waals surface area contributed by atoms with E-state index in [2.05, 4.69) is 0 Å². The van der Waals surface area contributed by atoms with E-state index in [1.807, 2.05) is 60.7 Å². The number of likely N-dealkylation sites (tertiary alicyclic amines) is 1. The molecule has 1 aliphatic heterocycles. The van der Waals surface area contributed by atoms with Crippen LogP contribution in [0.5, 0.6) is 0 Å². The summed E-state index contributed by atoms with van der Waals surface area (Å²) in [6, 6.07) is 17.6. The van der Waals surface area contributed by atoms with Gasteiger partial charge in [0.25, 0.3) is 0 Å². The Balaban J connectivity index is 2.00. The Kier molecular flexibility index (Phi) is 4.62. The van der Waals surface area contributed by atoms with Crippen molar-refractivity contribution in [3.63, 3.8) is 0 Å². The number of aliphatic hydroxyl groups excluding tert-OH is 1. The van der Waals surface area contributed by atoms with E-state index in [1.165, 1.54) is 4.90 Å². The lowest BCUT2D eigenvalue weighted by Crippen LogP contribution is -2.43. The van der Waals surface area contributed by atoms with Gasteiger partial charge in [0.2, 0.25) is 5.91 Å². The number of carbonyl (C=O) groups is 2. The van der Waals surface area contributed by atoms with Crippen LogP contribution >= 0.6 is 0 Å². The van der Waals surface area contributed by atoms with Crippen LogP contribution in [0.3, 0.4) is 0 Å². The number of nitrogens with zero attached hydrogens (tertiary/aromatic N) is 1. The van der Waals surface area contributed by atoms with Crippen molar-refractivity contribution in [2.24, 2.45) is 0 Å². The van der Waals surface area contributed by atoms with Gasteiger partial charge in [-0.15, -0.1) is 0 Å². The standard InChI is InChI=1S/C19H19NO4/c21-15-11-16(19(23)24)20(12-15)18(22)17(13-7-3-1-4-8-13)14-9-5-2-6-10-14/h1-10,15-17,21H,11-12H2,(H,23,24)/t15-,16-/m0/s1. The number of carboxylic acids is 1. The molecule has 2 N–H and O–H groups in total. The fourth-order valence-electron chi connectivity index (χ4n) is 3.23. The van der Waals surface area contributed by atoms with Crippen molar-refractivity contribution in [3.8, 4) is 0 Å². The maximum absolute atomic E-state index is 13.2. The molecule has 24 heavy (non-hydrogen) atoms. The van der Waals surface area contributed by atoms with Gasteiger partial charge >= 0.3 is 5.97 Å². The molecule has 0 bridgehead atoms. The second kappa shape index (κ2) is 6.84. The zero-order valence-corrected chi connectivity index (χ0v) is 13.1. The second-order valence-electron chi connectivity index (χ2n) is 5.99. The van der Waals surface area contributed by atoms with Gasteiger partial charge in [0, 0.05) is 13.0 Å². The first-order chi connectivity index (χ1) is 11.6. The first-order valence-corrected chi connectivity index (χ1v) is 7.89. The van der Waals surface area contributed by atoms with E-state index in [1.54, 1.807) is 0 Å². The predicted molar refractivity (Wildman–Crippen MR) is 88.5 cm³/mol. The van der Waals surface area contributed by atoms with E-state index in [9.17, 15) is 19.8 Å². The Bertz CT molecular complexity index is 677. The van der Waals surface area contributed by atoms with Crippen molar-refractivity contribution in [2.75, 3.05) is 6.54 Å². The molecule has 0 spiro atoms. The van der Waals surface area contributed by atoms with E-state index in [-0.39, 0.29) is 18.9 Å². The number of rotatable bonds is 4. The van der Waals surface area contributed by atoms with Crippen LogP contribution in [0.25, 0.3) is 0 Å². The summed E-state index contributed by atoms with van der Waals surface area (Å²) in [5, 5.41) is 19.2. The maximum Gasteiger partial charge on any atom is 0.326 e. The van der Waals surface area contributed by atoms with Gasteiger partial charge in [-0.25, -0.2) is 4.79 Å². The van der Waals surface area contributed by atoms with E-state index in [0.717, 1.165) is 11.1 Å². The van der Waals surface area contributed by atoms with E-state index < -0.39 is 24.0 Å². The molecule has 3 rings (SSSR count). The van der Waals surface area contributed by atoms with Crippen LogP contribution in [0.1, 0.15) is 23.5 Å². The Hall–Kier alpha value is -2.66. The fraction of sp³-hybridized carbons (Fsp3) is 0.263. The summed E-state index contributed by atoms with van der Waals surface area (Å²) in [5.41, 5.74) is 1.61. The monoisotopic (exact) mass is 325 g/mol. The summed E-state index contributed by atoms with van der Waals surface area (Å²) < 4.78 is 0. The van der Waals surface area contributed by atoms with Crippen molar-refractivity contribution in [2.45, 2.75) is 24.5 Å². The predicted octanol–water partition coefficient (Wildman–Crippen LogP) is 1.86. The molecule has 2 atom stereocenters. The zero-order valence-electron chi connectivity index (χ0n) is 13.1. The van der Waals surface area contributed by atoms with Gasteiger partial charge in [-0.1, -0.05) is 60.7 Å². The number of carboxylic acid groups (broad SMARTS) is 1. The molecule has 0 radical (unpaired) electrons. The SMILES string of the molecule is O=C(O)[C@@H]1C[C@H](O)CN1C(=O)C(c1ccccc1)c1ccccc1. The molecule has 5 heteroatoms. The highest BCUT2D eigenvalue weighted by molar-refractivity contribution is 5.91. The summed E-state index contributed by atoms with van der Waals surface area (Å²) in [7, 11) is 0. The molecule has 0 aliphatic carbocycles. The second-order valence-corrected chi connectivity index (χ2v) is 5.99. The number of hydrogen-bond donors (Lipinski definition) is 2. The van der Waals surface area contributed by atoms with Crippen molar-refractivity contribution >= 4 is 11.9 Å². The number of aliphatic hydroxyl groups is 1. The molecule has 124 valence electrons. The number of β-amino-alcohol motifs (C(OH)–C–C–N with tert-alkyl or cyclic N) is 1.